The lowest BCUT2D eigenvalue weighted by atomic mass is 9.99. The zero-order chi connectivity index (χ0) is 16.1. The Morgan fingerprint density at radius 1 is 1.27 bits per heavy atom. The molecule has 1 aromatic rings. The molecule has 1 fully saturated rings. The SMILES string of the molecule is CCOC(=O)C1CCCCN1C(=O)Cc1ccc(C)cc1C. The van der Waals surface area contributed by atoms with Gasteiger partial charge >= 0.3 is 5.97 Å². The average Bonchev–Trinajstić information content (AvgIpc) is 2.50. The van der Waals surface area contributed by atoms with Crippen molar-refractivity contribution < 1.29 is 14.3 Å². The monoisotopic (exact) mass is 303 g/mol. The van der Waals surface area contributed by atoms with Gasteiger partial charge in [0.15, 0.2) is 0 Å². The fourth-order valence-corrected chi connectivity index (χ4v) is 3.02. The van der Waals surface area contributed by atoms with Crippen LogP contribution < -0.4 is 0 Å². The van der Waals surface area contributed by atoms with E-state index in [9.17, 15) is 9.59 Å². The van der Waals surface area contributed by atoms with Crippen molar-refractivity contribution in [2.45, 2.75) is 52.5 Å². The number of rotatable bonds is 4. The molecule has 4 nitrogen and oxygen atoms in total. The van der Waals surface area contributed by atoms with Crippen LogP contribution in [-0.4, -0.2) is 36.0 Å². The molecule has 22 heavy (non-hydrogen) atoms. The molecule has 1 saturated heterocycles. The summed E-state index contributed by atoms with van der Waals surface area (Å²) in [6.07, 6.45) is 2.98. The van der Waals surface area contributed by atoms with Gasteiger partial charge in [-0.05, 0) is 51.2 Å². The maximum atomic E-state index is 12.6. The molecule has 0 aromatic heterocycles. The maximum Gasteiger partial charge on any atom is 0.328 e. The van der Waals surface area contributed by atoms with E-state index < -0.39 is 6.04 Å². The van der Waals surface area contributed by atoms with Crippen molar-refractivity contribution in [1.29, 1.82) is 0 Å². The van der Waals surface area contributed by atoms with Gasteiger partial charge in [-0.25, -0.2) is 4.79 Å². The molecule has 0 N–H and O–H groups in total. The lowest BCUT2D eigenvalue weighted by Gasteiger charge is -2.34. The third kappa shape index (κ3) is 3.87. The highest BCUT2D eigenvalue weighted by Crippen LogP contribution is 2.20. The normalized spacial score (nSPS) is 18.1. The van der Waals surface area contributed by atoms with Crippen molar-refractivity contribution in [1.82, 2.24) is 4.90 Å². The highest BCUT2D eigenvalue weighted by Gasteiger charge is 2.33. The van der Waals surface area contributed by atoms with E-state index in [0.29, 0.717) is 26.0 Å². The average molecular weight is 303 g/mol. The van der Waals surface area contributed by atoms with Gasteiger partial charge in [-0.2, -0.15) is 0 Å². The summed E-state index contributed by atoms with van der Waals surface area (Å²) in [4.78, 5) is 26.4. The summed E-state index contributed by atoms with van der Waals surface area (Å²) in [5.74, 6) is -0.249. The molecule has 2 rings (SSSR count). The number of likely N-dealkylation sites (tertiary alicyclic amines) is 1. The molecule has 1 aromatic carbocycles. The number of aryl methyl sites for hydroxylation is 2. The highest BCUT2D eigenvalue weighted by atomic mass is 16.5. The Morgan fingerprint density at radius 2 is 2.05 bits per heavy atom. The fourth-order valence-electron chi connectivity index (χ4n) is 3.02. The van der Waals surface area contributed by atoms with Crippen LogP contribution in [0.5, 0.6) is 0 Å². The van der Waals surface area contributed by atoms with Crippen molar-refractivity contribution in [3.8, 4) is 0 Å². The second-order valence-corrected chi connectivity index (χ2v) is 5.96. The van der Waals surface area contributed by atoms with Crippen molar-refractivity contribution in [2.24, 2.45) is 0 Å². The predicted molar refractivity (Wildman–Crippen MR) is 85.6 cm³/mol. The zero-order valence-electron chi connectivity index (χ0n) is 13.7. The predicted octanol–water partition coefficient (Wildman–Crippen LogP) is 2.79. The molecular formula is C18H25NO3. The summed E-state index contributed by atoms with van der Waals surface area (Å²) in [6, 6.07) is 5.70. The van der Waals surface area contributed by atoms with Crippen LogP contribution >= 0.6 is 0 Å². The van der Waals surface area contributed by atoms with Gasteiger partial charge < -0.3 is 9.64 Å². The summed E-state index contributed by atoms with van der Waals surface area (Å²) < 4.78 is 5.12. The quantitative estimate of drug-likeness (QED) is 0.804. The van der Waals surface area contributed by atoms with E-state index in [1.54, 1.807) is 11.8 Å². The molecule has 1 aliphatic heterocycles. The first-order valence-corrected chi connectivity index (χ1v) is 8.05. The number of esters is 1. The van der Waals surface area contributed by atoms with Gasteiger partial charge in [-0.1, -0.05) is 23.8 Å². The minimum atomic E-state index is -0.410. The molecule has 0 spiro atoms. The highest BCUT2D eigenvalue weighted by molar-refractivity contribution is 5.86. The summed E-state index contributed by atoms with van der Waals surface area (Å²) in [5, 5.41) is 0. The van der Waals surface area contributed by atoms with Crippen molar-refractivity contribution in [3.05, 3.63) is 34.9 Å². The Morgan fingerprint density at radius 3 is 2.73 bits per heavy atom. The Hall–Kier alpha value is -1.84. The van der Waals surface area contributed by atoms with Gasteiger partial charge in [-0.15, -0.1) is 0 Å². The van der Waals surface area contributed by atoms with Crippen molar-refractivity contribution in [2.75, 3.05) is 13.2 Å². The van der Waals surface area contributed by atoms with E-state index in [0.717, 1.165) is 24.0 Å². The molecule has 1 amide bonds. The molecule has 1 atom stereocenters. The van der Waals surface area contributed by atoms with Gasteiger partial charge in [0.25, 0.3) is 0 Å². The Labute approximate surface area is 132 Å². The topological polar surface area (TPSA) is 46.6 Å². The van der Waals surface area contributed by atoms with Crippen molar-refractivity contribution in [3.63, 3.8) is 0 Å². The van der Waals surface area contributed by atoms with Crippen LogP contribution in [0.2, 0.25) is 0 Å². The summed E-state index contributed by atoms with van der Waals surface area (Å²) in [7, 11) is 0. The van der Waals surface area contributed by atoms with E-state index in [1.807, 2.05) is 26.0 Å². The van der Waals surface area contributed by atoms with E-state index in [1.165, 1.54) is 5.56 Å². The second-order valence-electron chi connectivity index (χ2n) is 5.96. The first-order chi connectivity index (χ1) is 10.5. The van der Waals surface area contributed by atoms with Gasteiger partial charge in [0.1, 0.15) is 6.04 Å². The van der Waals surface area contributed by atoms with E-state index in [-0.39, 0.29) is 11.9 Å². The van der Waals surface area contributed by atoms with E-state index in [4.69, 9.17) is 4.74 Å². The molecule has 120 valence electrons. The standard InChI is InChI=1S/C18H25NO3/c1-4-22-18(21)16-7-5-6-10-19(16)17(20)12-15-9-8-13(2)11-14(15)3/h8-9,11,16H,4-7,10,12H2,1-3H3. The lowest BCUT2D eigenvalue weighted by molar-refractivity contribution is -0.156. The molecule has 4 heteroatoms. The van der Waals surface area contributed by atoms with Crippen LogP contribution in [0.1, 0.15) is 42.9 Å². The van der Waals surface area contributed by atoms with Crippen LogP contribution in [0.25, 0.3) is 0 Å². The van der Waals surface area contributed by atoms with Gasteiger partial charge in [-0.3, -0.25) is 4.79 Å². The van der Waals surface area contributed by atoms with Crippen LogP contribution in [-0.2, 0) is 20.7 Å². The number of amides is 1. The smallest absolute Gasteiger partial charge is 0.328 e. The maximum absolute atomic E-state index is 12.6. The van der Waals surface area contributed by atoms with Crippen LogP contribution in [0, 0.1) is 13.8 Å². The van der Waals surface area contributed by atoms with Crippen LogP contribution in [0.3, 0.4) is 0 Å². The Bertz CT molecular complexity index is 553. The number of hydrogen-bond donors (Lipinski definition) is 0. The summed E-state index contributed by atoms with van der Waals surface area (Å²) in [5.41, 5.74) is 3.35. The number of benzene rings is 1. The van der Waals surface area contributed by atoms with Crippen LogP contribution in [0.4, 0.5) is 0 Å². The van der Waals surface area contributed by atoms with E-state index >= 15 is 0 Å². The lowest BCUT2D eigenvalue weighted by Crippen LogP contribution is -2.49. The number of carbonyl (C=O) groups is 2. The molecule has 1 heterocycles. The first kappa shape index (κ1) is 16.5. The van der Waals surface area contributed by atoms with Gasteiger partial charge in [0.05, 0.1) is 13.0 Å². The summed E-state index contributed by atoms with van der Waals surface area (Å²) in [6.45, 7) is 6.86. The molecule has 1 aliphatic rings. The zero-order valence-corrected chi connectivity index (χ0v) is 13.7. The Kier molecular flexibility index (Phi) is 5.58. The largest absolute Gasteiger partial charge is 0.464 e. The fraction of sp³-hybridized carbons (Fsp3) is 0.556. The number of nitrogens with zero attached hydrogens (tertiary/aromatic N) is 1. The van der Waals surface area contributed by atoms with Gasteiger partial charge in [0, 0.05) is 6.54 Å². The third-order valence-electron chi connectivity index (χ3n) is 4.22. The molecule has 0 radical (unpaired) electrons. The number of carbonyl (C=O) groups excluding carboxylic acids is 2. The summed E-state index contributed by atoms with van der Waals surface area (Å²) >= 11 is 0. The van der Waals surface area contributed by atoms with Gasteiger partial charge in [0.2, 0.25) is 5.91 Å². The number of ether oxygens (including phenoxy) is 1. The van der Waals surface area contributed by atoms with Crippen LogP contribution in [0.15, 0.2) is 18.2 Å². The molecule has 0 saturated carbocycles. The van der Waals surface area contributed by atoms with Crippen molar-refractivity contribution >= 4 is 11.9 Å². The van der Waals surface area contributed by atoms with E-state index in [2.05, 4.69) is 6.07 Å². The molecule has 1 unspecified atom stereocenters. The minimum Gasteiger partial charge on any atom is -0.464 e. The minimum absolute atomic E-state index is 0.0182. The molecule has 0 bridgehead atoms. The molecular weight excluding hydrogens is 278 g/mol. The number of hydrogen-bond acceptors (Lipinski definition) is 3. The third-order valence-corrected chi connectivity index (χ3v) is 4.22. The second kappa shape index (κ2) is 7.43. The Balaban J connectivity index is 2.10. The number of piperidine rings is 1. The molecule has 0 aliphatic carbocycles. The first-order valence-electron chi connectivity index (χ1n) is 8.05.